The third kappa shape index (κ3) is 29.7. The molecule has 137 heavy (non-hydrogen) atoms. The van der Waals surface area contributed by atoms with Crippen molar-refractivity contribution in [1.29, 1.82) is 15.8 Å². The highest BCUT2D eigenvalue weighted by atomic mass is 32.2. The van der Waals surface area contributed by atoms with Crippen LogP contribution in [0.4, 0.5) is 87.1 Å². The van der Waals surface area contributed by atoms with E-state index >= 15 is 0 Å². The normalized spacial score (nSPS) is 14.5. The number of aliphatic hydroxyl groups is 1. The molecule has 4 saturated heterocycles. The molecule has 16 rings (SSSR count). The summed E-state index contributed by atoms with van der Waals surface area (Å²) in [6.45, 7) is 20.7. The van der Waals surface area contributed by atoms with Gasteiger partial charge in [0, 0.05) is 175 Å². The predicted molar refractivity (Wildman–Crippen MR) is 522 cm³/mol. The van der Waals surface area contributed by atoms with Crippen molar-refractivity contribution in [3.63, 3.8) is 0 Å². The van der Waals surface area contributed by atoms with E-state index in [2.05, 4.69) is 123 Å². The van der Waals surface area contributed by atoms with Gasteiger partial charge in [-0.2, -0.15) is 29.0 Å². The molecular weight excluding hydrogens is 1800 g/mol. The second kappa shape index (κ2) is 49.0. The molecule has 0 bridgehead atoms. The summed E-state index contributed by atoms with van der Waals surface area (Å²) in [4.78, 5) is 63.6. The van der Waals surface area contributed by atoms with Gasteiger partial charge in [0.15, 0.2) is 17.3 Å². The molecule has 7 N–H and O–H groups in total. The van der Waals surface area contributed by atoms with Crippen LogP contribution in [0.2, 0.25) is 0 Å². The van der Waals surface area contributed by atoms with Crippen molar-refractivity contribution in [3.8, 4) is 57.9 Å². The Morgan fingerprint density at radius 2 is 1.05 bits per heavy atom. The van der Waals surface area contributed by atoms with E-state index in [1.807, 2.05) is 36.9 Å². The Morgan fingerprint density at radius 1 is 0.562 bits per heavy atom. The van der Waals surface area contributed by atoms with Gasteiger partial charge in [0.2, 0.25) is 5.95 Å². The first-order valence-corrected chi connectivity index (χ1v) is 47.9. The number of β-amino-alcohol motifs (C(OH)–C–C–N with tert-alkyl or cyclic N) is 1. The van der Waals surface area contributed by atoms with E-state index in [0.29, 0.717) is 150 Å². The maximum Gasteiger partial charge on any atom is 0.416 e. The summed E-state index contributed by atoms with van der Waals surface area (Å²) in [5, 5.41) is 52.9. The molecule has 4 fully saturated rings. The molecule has 2 atom stereocenters. The van der Waals surface area contributed by atoms with Gasteiger partial charge in [-0.05, 0) is 197 Å². The molecule has 0 radical (unpaired) electrons. The third-order valence-corrected chi connectivity index (χ3v) is 24.0. The fourth-order valence-corrected chi connectivity index (χ4v) is 16.9. The molecule has 718 valence electrons. The van der Waals surface area contributed by atoms with E-state index in [4.69, 9.17) is 57.8 Å². The number of alkyl halides is 3. The van der Waals surface area contributed by atoms with Crippen LogP contribution < -0.4 is 55.6 Å². The van der Waals surface area contributed by atoms with Gasteiger partial charge in [0.05, 0.1) is 135 Å². The highest BCUT2D eigenvalue weighted by Crippen LogP contribution is 2.38. The number of rotatable bonds is 33. The van der Waals surface area contributed by atoms with Gasteiger partial charge in [-0.15, -0.1) is 11.3 Å². The standard InChI is InChI=1S/C28H34F3N7O3S.C25H27N5O2.C25H30N4O6S.C21H19FN4O/c1-16(2)23(26-35-22(15-42-26)25(41)34-19-6-5-17(3)21(13-19)28(29,30)31)36-24(40)20-14-32-27(33-18(20)4)38-9-7-37(8-10-38)11-12-39;26-17-19-4-6-20(7-5-19)24-18-27-25(32-24)28-21-14-22(29-8-2-1-3-9-29)16-23(15-21)30-10-12-31-13-11-30;1-31-8-9-32-10-11-33-12-13-34-23-15-21(14-22(16-23)29-36(2,3)30)28-25-27-18-24(35-25)20-6-4-19(17-26)5-7-20;22-17-10-18(12-19(11-17)26-8-2-1-3-9-26)25-21-24-14-20(27-21)16-6-4-15(13-23)5-7-16/h5-6,13-16,23,39H,7-12H2,1-4H3,(H,34,41)(H,36,40);4-7,14-16,18H,1-3,8-13H2,(H,27,28);4-7,14-16,18H,2,8-13H2,1,3H3,(H,27,28)(H,29,30);4-7,10-12,14H,1-3,8-9H2,(H,24,25)/t23-;;;/m0.../s1. The lowest BCUT2D eigenvalue weighted by Gasteiger charge is -2.34. The third-order valence-electron chi connectivity index (χ3n) is 22.4. The number of methoxy groups -OCH3 is 1. The SMILES string of the molecule is C=S(C)(=O)Nc1cc(Nc2ncc(-c3ccc(C#N)cc3)o2)cc(OCCOCCOCCOC)c1.Cc1ccc(NC(=O)c2csc([C@@H](NC(=O)c3cnc(N4CCN(CCO)CC4)nc3C)C(C)C)n2)cc1C(F)(F)F.N#Cc1ccc(-c2cnc(Nc3cc(F)cc(N4CCCCC4)c3)o2)cc1.N#Cc1ccc(-c2cnc(Nc3cc(N4CCCCC4)cc(N4CCOCC4)c3)o2)cc1. The zero-order valence-electron chi connectivity index (χ0n) is 77.0. The fraction of sp³-hybridized carbons (Fsp3) is 0.354. The monoisotopic (exact) mass is 1910 g/mol. The molecular formula is C99H110F4N20O12S2. The van der Waals surface area contributed by atoms with Crippen LogP contribution in [0.15, 0.2) is 189 Å². The summed E-state index contributed by atoms with van der Waals surface area (Å²) in [5.74, 6) is 5.10. The Kier molecular flexibility index (Phi) is 35.9. The molecule has 5 aromatic heterocycles. The maximum atomic E-state index is 14.1. The first-order valence-electron chi connectivity index (χ1n) is 44.9. The summed E-state index contributed by atoms with van der Waals surface area (Å²) < 4.78 is 114. The second-order valence-corrected chi connectivity index (χ2v) is 36.2. The number of aromatic nitrogens is 6. The number of benzene rings is 7. The molecule has 4 aliphatic rings. The fourth-order valence-electron chi connectivity index (χ4n) is 15.2. The van der Waals surface area contributed by atoms with E-state index in [1.165, 1.54) is 91.4 Å². The number of ether oxygens (including phenoxy) is 5. The Labute approximate surface area is 797 Å². The summed E-state index contributed by atoms with van der Waals surface area (Å²) in [5.41, 5.74) is 10.4. The predicted octanol–water partition coefficient (Wildman–Crippen LogP) is 17.6. The average molecular weight is 1910 g/mol. The number of nitrogens with zero attached hydrogens (tertiary/aromatic N) is 14. The van der Waals surface area contributed by atoms with Crippen molar-refractivity contribution in [3.05, 3.63) is 231 Å². The van der Waals surface area contributed by atoms with Crippen LogP contribution in [0.5, 0.6) is 5.75 Å². The number of amides is 2. The number of halogens is 4. The molecule has 1 unspecified atom stereocenters. The highest BCUT2D eigenvalue weighted by molar-refractivity contribution is 8.00. The first kappa shape index (κ1) is 100. The number of aryl methyl sites for hydroxylation is 2. The van der Waals surface area contributed by atoms with Crippen molar-refractivity contribution < 1.29 is 73.4 Å². The van der Waals surface area contributed by atoms with Gasteiger partial charge in [-0.1, -0.05) is 19.9 Å². The number of nitrogens with one attached hydrogen (secondary N) is 6. The Morgan fingerprint density at radius 3 is 1.54 bits per heavy atom. The Bertz CT molecular complexity index is 6200. The van der Waals surface area contributed by atoms with Crippen molar-refractivity contribution >= 4 is 108 Å². The molecule has 7 aromatic carbocycles. The van der Waals surface area contributed by atoms with Gasteiger partial charge >= 0.3 is 6.18 Å². The molecule has 32 nitrogen and oxygen atoms in total. The minimum absolute atomic E-state index is 0.00662. The van der Waals surface area contributed by atoms with Crippen molar-refractivity contribution in [2.75, 3.05) is 190 Å². The maximum absolute atomic E-state index is 14.1. The van der Waals surface area contributed by atoms with Crippen LogP contribution in [-0.2, 0) is 34.8 Å². The molecule has 0 aliphatic carbocycles. The largest absolute Gasteiger partial charge is 0.491 e. The average Bonchev–Trinajstić information content (AvgIpc) is 1.78. The summed E-state index contributed by atoms with van der Waals surface area (Å²) in [6, 6.07) is 48.5. The molecule has 12 aromatic rings. The molecule has 0 saturated carbocycles. The van der Waals surface area contributed by atoms with E-state index in [9.17, 15) is 31.4 Å². The van der Waals surface area contributed by atoms with Crippen molar-refractivity contribution in [2.24, 2.45) is 5.92 Å². The van der Waals surface area contributed by atoms with E-state index in [0.717, 1.165) is 113 Å². The van der Waals surface area contributed by atoms with Crippen molar-refractivity contribution in [2.45, 2.75) is 78.4 Å². The highest BCUT2D eigenvalue weighted by Gasteiger charge is 2.34. The number of carbonyl (C=O) groups is 2. The molecule has 0 spiro atoms. The summed E-state index contributed by atoms with van der Waals surface area (Å²) in [6.07, 6.45) is 10.6. The van der Waals surface area contributed by atoms with Gasteiger partial charge in [0.1, 0.15) is 28.9 Å². The molecule has 2 amide bonds. The smallest absolute Gasteiger partial charge is 0.416 e. The number of carbonyl (C=O) groups excluding carboxylic acids is 2. The quantitative estimate of drug-likeness (QED) is 0.0114. The number of thiazole rings is 1. The molecule has 9 heterocycles. The zero-order chi connectivity index (χ0) is 96.8. The zero-order valence-corrected chi connectivity index (χ0v) is 78.7. The van der Waals surface area contributed by atoms with Gasteiger partial charge in [-0.25, -0.2) is 38.5 Å². The number of oxazole rings is 3. The number of aliphatic hydroxyl groups excluding tert-OH is 1. The Balaban J connectivity index is 0.000000156. The summed E-state index contributed by atoms with van der Waals surface area (Å²) >= 11 is 1.18. The number of anilines is 12. The first-order chi connectivity index (χ1) is 66.2. The van der Waals surface area contributed by atoms with E-state index in [-0.39, 0.29) is 47.2 Å². The van der Waals surface area contributed by atoms with E-state index in [1.54, 1.807) is 118 Å². The van der Waals surface area contributed by atoms with Crippen LogP contribution >= 0.6 is 11.3 Å². The van der Waals surface area contributed by atoms with Crippen LogP contribution in [0.25, 0.3) is 34.0 Å². The second-order valence-electron chi connectivity index (χ2n) is 33.1. The van der Waals surface area contributed by atoms with Gasteiger partial charge < -0.3 is 92.9 Å². The topological polar surface area (TPSA) is 394 Å². The number of hydrogen-bond acceptors (Lipinski definition) is 30. The summed E-state index contributed by atoms with van der Waals surface area (Å²) in [7, 11) is -0.883. The lowest BCUT2D eigenvalue weighted by atomic mass is 10.0. The van der Waals surface area contributed by atoms with Crippen LogP contribution in [0.3, 0.4) is 0 Å². The molecule has 38 heteroatoms. The number of hydrogen-bond donors (Lipinski definition) is 7. The van der Waals surface area contributed by atoms with Gasteiger partial charge in [0.25, 0.3) is 29.9 Å². The number of piperidine rings is 2. The van der Waals surface area contributed by atoms with Crippen LogP contribution in [0, 0.1) is 59.6 Å². The molecule has 4 aliphatic heterocycles. The minimum Gasteiger partial charge on any atom is -0.491 e. The number of piperazine rings is 1. The number of nitriles is 3. The van der Waals surface area contributed by atoms with Crippen LogP contribution in [0.1, 0.15) is 118 Å². The lowest BCUT2D eigenvalue weighted by molar-refractivity contribution is -0.138. The minimum atomic E-state index is -4.54. The lowest BCUT2D eigenvalue weighted by Crippen LogP contribution is -2.47. The van der Waals surface area contributed by atoms with Gasteiger partial charge in [-0.3, -0.25) is 14.5 Å². The van der Waals surface area contributed by atoms with Crippen molar-refractivity contribution in [1.82, 2.24) is 40.1 Å². The van der Waals surface area contributed by atoms with Crippen LogP contribution in [-0.4, -0.2) is 207 Å². The van der Waals surface area contributed by atoms with E-state index < -0.39 is 33.4 Å². The number of morpholine rings is 1. The Hall–Kier alpha value is -14.0.